The Bertz CT molecular complexity index is 335. The van der Waals surface area contributed by atoms with Gasteiger partial charge >= 0.3 is 0 Å². The van der Waals surface area contributed by atoms with Crippen LogP contribution in [0.3, 0.4) is 0 Å². The van der Waals surface area contributed by atoms with Gasteiger partial charge in [-0.2, -0.15) is 0 Å². The molecule has 0 aromatic carbocycles. The van der Waals surface area contributed by atoms with Crippen molar-refractivity contribution in [3.8, 4) is 0 Å². The lowest BCUT2D eigenvalue weighted by Gasteiger charge is -2.23. The minimum Gasteiger partial charge on any atom is -0.397 e. The summed E-state index contributed by atoms with van der Waals surface area (Å²) in [6.45, 7) is 0. The summed E-state index contributed by atoms with van der Waals surface area (Å²) in [7, 11) is 0. The van der Waals surface area contributed by atoms with Crippen LogP contribution in [-0.2, 0) is 0 Å². The quantitative estimate of drug-likeness (QED) is 0.867. The van der Waals surface area contributed by atoms with Gasteiger partial charge in [0, 0.05) is 6.04 Å². The Morgan fingerprint density at radius 2 is 2.07 bits per heavy atom. The molecule has 1 fully saturated rings. The van der Waals surface area contributed by atoms with Gasteiger partial charge in [0.15, 0.2) is 0 Å². The van der Waals surface area contributed by atoms with Crippen LogP contribution in [0.15, 0.2) is 16.7 Å². The molecule has 1 aromatic rings. The van der Waals surface area contributed by atoms with Gasteiger partial charge in [0.1, 0.15) is 5.82 Å². The molecule has 4 heteroatoms. The zero-order valence-electron chi connectivity index (χ0n) is 8.67. The van der Waals surface area contributed by atoms with E-state index in [9.17, 15) is 0 Å². The third-order valence-electron chi connectivity index (χ3n) is 2.81. The Balaban J connectivity index is 2.03. The summed E-state index contributed by atoms with van der Waals surface area (Å²) in [4.78, 5) is 4.29. The fourth-order valence-electron chi connectivity index (χ4n) is 2.00. The Labute approximate surface area is 98.6 Å². The summed E-state index contributed by atoms with van der Waals surface area (Å²) in [5, 5.41) is 3.46. The zero-order chi connectivity index (χ0) is 10.7. The van der Waals surface area contributed by atoms with Gasteiger partial charge in [0.2, 0.25) is 0 Å². The topological polar surface area (TPSA) is 50.9 Å². The van der Waals surface area contributed by atoms with Crippen LogP contribution in [0.2, 0.25) is 0 Å². The van der Waals surface area contributed by atoms with Gasteiger partial charge in [0.25, 0.3) is 0 Å². The van der Waals surface area contributed by atoms with Crippen LogP contribution >= 0.6 is 15.9 Å². The highest BCUT2D eigenvalue weighted by atomic mass is 79.9. The highest BCUT2D eigenvalue weighted by Crippen LogP contribution is 2.26. The van der Waals surface area contributed by atoms with Gasteiger partial charge in [-0.15, -0.1) is 0 Å². The lowest BCUT2D eigenvalue weighted by atomic mass is 9.95. The Morgan fingerprint density at radius 3 is 2.73 bits per heavy atom. The smallest absolute Gasteiger partial charge is 0.140 e. The summed E-state index contributed by atoms with van der Waals surface area (Å²) in [6, 6.07) is 2.46. The van der Waals surface area contributed by atoms with Gasteiger partial charge in [-0.3, -0.25) is 0 Å². The number of nitrogens with zero attached hydrogens (tertiary/aromatic N) is 1. The molecule has 0 spiro atoms. The Kier molecular flexibility index (Phi) is 3.46. The minimum atomic E-state index is 0.575. The second kappa shape index (κ2) is 4.84. The highest BCUT2D eigenvalue weighted by molar-refractivity contribution is 9.10. The lowest BCUT2D eigenvalue weighted by molar-refractivity contribution is 0.461. The van der Waals surface area contributed by atoms with Gasteiger partial charge in [0.05, 0.1) is 16.4 Å². The molecule has 3 N–H and O–H groups in total. The molecular formula is C11H16BrN3. The summed E-state index contributed by atoms with van der Waals surface area (Å²) >= 11 is 3.47. The van der Waals surface area contributed by atoms with Crippen molar-refractivity contribution in [3.05, 3.63) is 16.7 Å². The zero-order valence-corrected chi connectivity index (χ0v) is 10.3. The highest BCUT2D eigenvalue weighted by Gasteiger charge is 2.14. The number of hydrogen-bond acceptors (Lipinski definition) is 3. The summed E-state index contributed by atoms with van der Waals surface area (Å²) in [5.74, 6) is 0.913. The predicted octanol–water partition coefficient (Wildman–Crippen LogP) is 3.17. The van der Waals surface area contributed by atoms with Gasteiger partial charge in [-0.25, -0.2) is 4.98 Å². The van der Waals surface area contributed by atoms with Crippen LogP contribution in [0, 0.1) is 0 Å². The van der Waals surface area contributed by atoms with Crippen LogP contribution in [-0.4, -0.2) is 11.0 Å². The van der Waals surface area contributed by atoms with E-state index in [1.165, 1.54) is 32.1 Å². The molecule has 0 aliphatic heterocycles. The van der Waals surface area contributed by atoms with Crippen molar-refractivity contribution in [1.82, 2.24) is 4.98 Å². The van der Waals surface area contributed by atoms with E-state index in [0.29, 0.717) is 11.7 Å². The molecule has 0 amide bonds. The van der Waals surface area contributed by atoms with E-state index in [0.717, 1.165) is 10.3 Å². The van der Waals surface area contributed by atoms with Crippen molar-refractivity contribution >= 4 is 27.4 Å². The van der Waals surface area contributed by atoms with Crippen molar-refractivity contribution in [3.63, 3.8) is 0 Å². The molecule has 0 saturated heterocycles. The monoisotopic (exact) mass is 269 g/mol. The number of aromatic nitrogens is 1. The van der Waals surface area contributed by atoms with Crippen molar-refractivity contribution in [2.45, 2.75) is 38.1 Å². The Hall–Kier alpha value is -0.770. The average Bonchev–Trinajstić information content (AvgIpc) is 2.24. The van der Waals surface area contributed by atoms with Crippen LogP contribution in [0.5, 0.6) is 0 Å². The molecule has 1 aromatic heterocycles. The van der Waals surface area contributed by atoms with Crippen molar-refractivity contribution in [2.24, 2.45) is 0 Å². The van der Waals surface area contributed by atoms with E-state index >= 15 is 0 Å². The first-order valence-electron chi connectivity index (χ1n) is 5.43. The molecule has 1 heterocycles. The SMILES string of the molecule is Nc1cnc(NC2CCCCC2)c(Br)c1. The summed E-state index contributed by atoms with van der Waals surface area (Å²) in [6.07, 6.45) is 8.20. The van der Waals surface area contributed by atoms with Crippen molar-refractivity contribution in [1.29, 1.82) is 0 Å². The largest absolute Gasteiger partial charge is 0.397 e. The third kappa shape index (κ3) is 2.84. The molecule has 15 heavy (non-hydrogen) atoms. The number of rotatable bonds is 2. The summed E-state index contributed by atoms with van der Waals surface area (Å²) in [5.41, 5.74) is 6.33. The number of nitrogens with two attached hydrogens (primary N) is 1. The molecule has 0 unspecified atom stereocenters. The summed E-state index contributed by atoms with van der Waals surface area (Å²) < 4.78 is 0.952. The maximum Gasteiger partial charge on any atom is 0.140 e. The molecule has 82 valence electrons. The van der Waals surface area contributed by atoms with E-state index in [4.69, 9.17) is 5.73 Å². The molecule has 1 aliphatic rings. The molecule has 3 nitrogen and oxygen atoms in total. The minimum absolute atomic E-state index is 0.575. The number of pyridine rings is 1. The van der Waals surface area contributed by atoms with Crippen LogP contribution < -0.4 is 11.1 Å². The normalized spacial score (nSPS) is 17.7. The number of nitrogen functional groups attached to an aromatic ring is 1. The first-order chi connectivity index (χ1) is 7.25. The first-order valence-corrected chi connectivity index (χ1v) is 6.22. The molecule has 0 bridgehead atoms. The molecular weight excluding hydrogens is 254 g/mol. The molecule has 0 radical (unpaired) electrons. The molecule has 2 rings (SSSR count). The molecule has 1 saturated carbocycles. The van der Waals surface area contributed by atoms with E-state index in [1.807, 2.05) is 6.07 Å². The Morgan fingerprint density at radius 1 is 1.33 bits per heavy atom. The second-order valence-corrected chi connectivity index (χ2v) is 4.93. The fourth-order valence-corrected chi connectivity index (χ4v) is 2.48. The van der Waals surface area contributed by atoms with E-state index < -0.39 is 0 Å². The number of anilines is 2. The first kappa shape index (κ1) is 10.7. The van der Waals surface area contributed by atoms with E-state index in [1.54, 1.807) is 6.20 Å². The van der Waals surface area contributed by atoms with E-state index in [2.05, 4.69) is 26.2 Å². The fraction of sp³-hybridized carbons (Fsp3) is 0.545. The van der Waals surface area contributed by atoms with Crippen LogP contribution in [0.25, 0.3) is 0 Å². The van der Waals surface area contributed by atoms with Crippen LogP contribution in [0.4, 0.5) is 11.5 Å². The van der Waals surface area contributed by atoms with Crippen LogP contribution in [0.1, 0.15) is 32.1 Å². The van der Waals surface area contributed by atoms with E-state index in [-0.39, 0.29) is 0 Å². The van der Waals surface area contributed by atoms with Crippen molar-refractivity contribution in [2.75, 3.05) is 11.1 Å². The maximum absolute atomic E-state index is 5.64. The predicted molar refractivity (Wildman–Crippen MR) is 66.8 cm³/mol. The number of halogens is 1. The van der Waals surface area contributed by atoms with Gasteiger partial charge < -0.3 is 11.1 Å². The maximum atomic E-state index is 5.64. The third-order valence-corrected chi connectivity index (χ3v) is 3.41. The number of nitrogens with one attached hydrogen (secondary N) is 1. The van der Waals surface area contributed by atoms with Gasteiger partial charge in [-0.1, -0.05) is 19.3 Å². The lowest BCUT2D eigenvalue weighted by Crippen LogP contribution is -2.23. The average molecular weight is 270 g/mol. The standard InChI is InChI=1S/C11H16BrN3/c12-10-6-8(13)7-14-11(10)15-9-4-2-1-3-5-9/h6-7,9H,1-5,13H2,(H,14,15). The number of hydrogen-bond donors (Lipinski definition) is 2. The van der Waals surface area contributed by atoms with Crippen molar-refractivity contribution < 1.29 is 0 Å². The second-order valence-electron chi connectivity index (χ2n) is 4.08. The molecule has 1 aliphatic carbocycles. The van der Waals surface area contributed by atoms with Gasteiger partial charge in [-0.05, 0) is 34.8 Å². The molecule has 0 atom stereocenters.